The van der Waals surface area contributed by atoms with Gasteiger partial charge in [-0.25, -0.2) is 4.98 Å². The number of aromatic nitrogens is 2. The van der Waals surface area contributed by atoms with Crippen molar-refractivity contribution < 1.29 is 8.42 Å². The maximum atomic E-state index is 12.6. The zero-order chi connectivity index (χ0) is 14.9. The fourth-order valence-electron chi connectivity index (χ4n) is 1.96. The number of nitrogen functional groups attached to an aromatic ring is 1. The summed E-state index contributed by atoms with van der Waals surface area (Å²) in [5, 5.41) is -0.000400. The molecule has 6 nitrogen and oxygen atoms in total. The Hall–Kier alpha value is -2.02. The van der Waals surface area contributed by atoms with Crippen LogP contribution in [0.5, 0.6) is 0 Å². The Morgan fingerprint density at radius 2 is 1.90 bits per heavy atom. The minimum absolute atomic E-state index is 0.000400. The second-order valence-electron chi connectivity index (χ2n) is 4.54. The van der Waals surface area contributed by atoms with Gasteiger partial charge in [0.2, 0.25) is 0 Å². The van der Waals surface area contributed by atoms with E-state index in [0.29, 0.717) is 5.69 Å². The molecule has 0 atom stereocenters. The number of nitrogens with zero attached hydrogens (tertiary/aromatic N) is 3. The smallest absolute Gasteiger partial charge is 0.283 e. The van der Waals surface area contributed by atoms with Gasteiger partial charge >= 0.3 is 0 Å². The van der Waals surface area contributed by atoms with E-state index in [4.69, 9.17) is 5.73 Å². The molecule has 0 saturated heterocycles. The van der Waals surface area contributed by atoms with Crippen LogP contribution in [0.25, 0.3) is 0 Å². The molecule has 1 heterocycles. The van der Waals surface area contributed by atoms with E-state index in [1.165, 1.54) is 22.2 Å². The molecular formula is C13H18N4O2S. The molecule has 20 heavy (non-hydrogen) atoms. The molecule has 0 aliphatic heterocycles. The van der Waals surface area contributed by atoms with Crippen molar-refractivity contribution in [2.24, 2.45) is 7.05 Å². The molecule has 1 aromatic heterocycles. The van der Waals surface area contributed by atoms with Crippen molar-refractivity contribution in [1.82, 2.24) is 9.55 Å². The lowest BCUT2D eigenvalue weighted by Crippen LogP contribution is -2.28. The number of hydrogen-bond donors (Lipinski definition) is 1. The molecule has 0 fully saturated rings. The van der Waals surface area contributed by atoms with Gasteiger partial charge in [-0.3, -0.25) is 4.31 Å². The summed E-state index contributed by atoms with van der Waals surface area (Å²) < 4.78 is 27.8. The SMILES string of the molecule is CCc1ccc(N(C)S(=O)(=O)c2c(N)ncn2C)cc1. The maximum absolute atomic E-state index is 12.6. The maximum Gasteiger partial charge on any atom is 0.283 e. The summed E-state index contributed by atoms with van der Waals surface area (Å²) in [6, 6.07) is 7.38. The van der Waals surface area contributed by atoms with Crippen molar-refractivity contribution in [3.05, 3.63) is 36.2 Å². The number of imidazole rings is 1. The van der Waals surface area contributed by atoms with Crippen LogP contribution in [0.1, 0.15) is 12.5 Å². The summed E-state index contributed by atoms with van der Waals surface area (Å²) >= 11 is 0. The van der Waals surface area contributed by atoms with Gasteiger partial charge in [0.25, 0.3) is 10.0 Å². The van der Waals surface area contributed by atoms with E-state index in [1.54, 1.807) is 19.2 Å². The summed E-state index contributed by atoms with van der Waals surface area (Å²) in [7, 11) is -0.617. The van der Waals surface area contributed by atoms with E-state index in [9.17, 15) is 8.42 Å². The summed E-state index contributed by atoms with van der Waals surface area (Å²) in [5.74, 6) is 0.00419. The minimum atomic E-state index is -3.72. The molecule has 0 aliphatic rings. The van der Waals surface area contributed by atoms with E-state index >= 15 is 0 Å². The standard InChI is InChI=1S/C13H18N4O2S/c1-4-10-5-7-11(8-6-10)17(3)20(18,19)13-12(14)15-9-16(13)2/h5-9H,4,14H2,1-3H3. The van der Waals surface area contributed by atoms with Crippen LogP contribution >= 0.6 is 0 Å². The van der Waals surface area contributed by atoms with Crippen LogP contribution in [0.15, 0.2) is 35.6 Å². The number of sulfonamides is 1. The third-order valence-electron chi connectivity index (χ3n) is 3.22. The van der Waals surface area contributed by atoms with Crippen LogP contribution in [-0.4, -0.2) is 25.0 Å². The lowest BCUT2D eigenvalue weighted by Gasteiger charge is -2.20. The van der Waals surface area contributed by atoms with Gasteiger partial charge in [-0.05, 0) is 24.1 Å². The van der Waals surface area contributed by atoms with E-state index in [2.05, 4.69) is 4.98 Å². The normalized spacial score (nSPS) is 11.6. The lowest BCUT2D eigenvalue weighted by atomic mass is 10.1. The van der Waals surface area contributed by atoms with Gasteiger partial charge < -0.3 is 10.3 Å². The van der Waals surface area contributed by atoms with Gasteiger partial charge in [-0.1, -0.05) is 19.1 Å². The molecule has 0 aliphatic carbocycles. The zero-order valence-corrected chi connectivity index (χ0v) is 12.6. The highest BCUT2D eigenvalue weighted by Gasteiger charge is 2.27. The van der Waals surface area contributed by atoms with Crippen molar-refractivity contribution in [1.29, 1.82) is 0 Å². The molecule has 7 heteroatoms. The molecule has 0 saturated carbocycles. The summed E-state index contributed by atoms with van der Waals surface area (Å²) in [4.78, 5) is 3.82. The highest BCUT2D eigenvalue weighted by Crippen LogP contribution is 2.25. The van der Waals surface area contributed by atoms with Crippen LogP contribution in [0.3, 0.4) is 0 Å². The molecule has 108 valence electrons. The monoisotopic (exact) mass is 294 g/mol. The van der Waals surface area contributed by atoms with Gasteiger partial charge in [0.1, 0.15) is 0 Å². The van der Waals surface area contributed by atoms with Crippen molar-refractivity contribution in [2.75, 3.05) is 17.1 Å². The number of hydrogen-bond acceptors (Lipinski definition) is 4. The zero-order valence-electron chi connectivity index (χ0n) is 11.7. The Balaban J connectivity index is 2.43. The number of aryl methyl sites for hydroxylation is 2. The average Bonchev–Trinajstić information content (AvgIpc) is 2.78. The average molecular weight is 294 g/mol. The van der Waals surface area contributed by atoms with Crippen molar-refractivity contribution in [3.8, 4) is 0 Å². The first kappa shape index (κ1) is 14.4. The van der Waals surface area contributed by atoms with Gasteiger partial charge in [0.05, 0.1) is 12.0 Å². The van der Waals surface area contributed by atoms with Gasteiger partial charge in [0, 0.05) is 14.1 Å². The predicted molar refractivity (Wildman–Crippen MR) is 79.0 cm³/mol. The molecule has 1 aromatic carbocycles. The third kappa shape index (κ3) is 2.36. The van der Waals surface area contributed by atoms with Crippen molar-refractivity contribution in [3.63, 3.8) is 0 Å². The van der Waals surface area contributed by atoms with E-state index in [0.717, 1.165) is 12.0 Å². The number of benzene rings is 1. The molecule has 0 amide bonds. The second-order valence-corrected chi connectivity index (χ2v) is 6.42. The van der Waals surface area contributed by atoms with E-state index in [1.807, 2.05) is 19.1 Å². The minimum Gasteiger partial charge on any atom is -0.381 e. The fourth-order valence-corrected chi connectivity index (χ4v) is 3.35. The second kappa shape index (κ2) is 5.16. The molecule has 2 N–H and O–H groups in total. The van der Waals surface area contributed by atoms with Crippen LogP contribution < -0.4 is 10.0 Å². The van der Waals surface area contributed by atoms with Gasteiger partial charge in [-0.15, -0.1) is 0 Å². The Morgan fingerprint density at radius 3 is 2.35 bits per heavy atom. The van der Waals surface area contributed by atoms with E-state index in [-0.39, 0.29) is 10.8 Å². The molecule has 0 radical (unpaired) electrons. The molecule has 0 spiro atoms. The molecule has 2 rings (SSSR count). The quantitative estimate of drug-likeness (QED) is 0.924. The van der Waals surface area contributed by atoms with E-state index < -0.39 is 10.0 Å². The predicted octanol–water partition coefficient (Wildman–Crippen LogP) is 1.39. The Bertz CT molecular complexity index is 685. The molecular weight excluding hydrogens is 276 g/mol. The van der Waals surface area contributed by atoms with Crippen molar-refractivity contribution in [2.45, 2.75) is 18.4 Å². The Kier molecular flexibility index (Phi) is 3.71. The van der Waals surface area contributed by atoms with Gasteiger partial charge in [0.15, 0.2) is 10.8 Å². The first-order valence-corrected chi connectivity index (χ1v) is 7.66. The lowest BCUT2D eigenvalue weighted by molar-refractivity contribution is 0.585. The molecule has 2 aromatic rings. The first-order chi connectivity index (χ1) is 9.37. The molecule has 0 unspecified atom stereocenters. The largest absolute Gasteiger partial charge is 0.381 e. The summed E-state index contributed by atoms with van der Waals surface area (Å²) in [5.41, 5.74) is 7.39. The highest BCUT2D eigenvalue weighted by atomic mass is 32.2. The van der Waals surface area contributed by atoms with Crippen LogP contribution in [0.2, 0.25) is 0 Å². The van der Waals surface area contributed by atoms with Crippen molar-refractivity contribution >= 4 is 21.5 Å². The number of anilines is 2. The fraction of sp³-hybridized carbons (Fsp3) is 0.308. The first-order valence-electron chi connectivity index (χ1n) is 6.22. The van der Waals surface area contributed by atoms with Crippen LogP contribution in [0, 0.1) is 0 Å². The summed E-state index contributed by atoms with van der Waals surface area (Å²) in [6.07, 6.45) is 2.29. The Labute approximate surface area is 118 Å². The third-order valence-corrected chi connectivity index (χ3v) is 5.14. The van der Waals surface area contributed by atoms with Gasteiger partial charge in [-0.2, -0.15) is 8.42 Å². The number of nitrogens with two attached hydrogens (primary N) is 1. The highest BCUT2D eigenvalue weighted by molar-refractivity contribution is 7.92. The van der Waals surface area contributed by atoms with Crippen LogP contribution in [-0.2, 0) is 23.5 Å². The Morgan fingerprint density at radius 1 is 1.30 bits per heavy atom. The number of rotatable bonds is 4. The molecule has 0 bridgehead atoms. The van der Waals surface area contributed by atoms with Crippen LogP contribution in [0.4, 0.5) is 11.5 Å². The summed E-state index contributed by atoms with van der Waals surface area (Å²) in [6.45, 7) is 2.05. The topological polar surface area (TPSA) is 81.2 Å².